The Labute approximate surface area is 194 Å². The van der Waals surface area contributed by atoms with E-state index in [0.29, 0.717) is 5.92 Å². The molecule has 1 aliphatic carbocycles. The van der Waals surface area contributed by atoms with E-state index in [4.69, 9.17) is 4.98 Å². The van der Waals surface area contributed by atoms with Crippen molar-refractivity contribution in [2.45, 2.75) is 38.0 Å². The van der Waals surface area contributed by atoms with Gasteiger partial charge in [-0.15, -0.1) is 0 Å². The number of fused-ring (bicyclic) bond motifs is 4. The Kier molecular flexibility index (Phi) is 4.26. The first kappa shape index (κ1) is 18.9. The molecule has 2 heterocycles. The first-order chi connectivity index (χ1) is 16.4. The van der Waals surface area contributed by atoms with Gasteiger partial charge in [-0.3, -0.25) is 4.98 Å². The Morgan fingerprint density at radius 3 is 2.42 bits per heavy atom. The number of benzene rings is 4. The highest BCUT2D eigenvalue weighted by Crippen LogP contribution is 2.53. The summed E-state index contributed by atoms with van der Waals surface area (Å²) in [7, 11) is 0. The monoisotopic (exact) mass is 426 g/mol. The number of hydrogen-bond acceptors (Lipinski definition) is 2. The number of hydrogen-bond donors (Lipinski definition) is 0. The predicted molar refractivity (Wildman–Crippen MR) is 139 cm³/mol. The Bertz CT molecular complexity index is 1500. The first-order valence-corrected chi connectivity index (χ1v) is 12.2. The second-order valence-electron chi connectivity index (χ2n) is 9.49. The van der Waals surface area contributed by atoms with Crippen molar-refractivity contribution < 1.29 is 0 Å². The largest absolute Gasteiger partial charge is 0.308 e. The van der Waals surface area contributed by atoms with E-state index < -0.39 is 0 Å². The van der Waals surface area contributed by atoms with Gasteiger partial charge in [-0.1, -0.05) is 79.9 Å². The van der Waals surface area contributed by atoms with Crippen LogP contribution in [0, 0.1) is 0 Å². The molecular formula is C31H26N2. The third-order valence-electron chi connectivity index (χ3n) is 7.58. The lowest BCUT2D eigenvalue weighted by Gasteiger charge is -2.35. The Hall–Kier alpha value is -3.65. The molecule has 5 aromatic rings. The number of nitrogens with zero attached hydrogens (tertiary/aromatic N) is 2. The van der Waals surface area contributed by atoms with Crippen molar-refractivity contribution in [1.29, 1.82) is 0 Å². The molecule has 0 spiro atoms. The molecule has 2 nitrogen and oxygen atoms in total. The lowest BCUT2D eigenvalue weighted by Crippen LogP contribution is -2.17. The van der Waals surface area contributed by atoms with Gasteiger partial charge in [0.15, 0.2) is 0 Å². The molecule has 33 heavy (non-hydrogen) atoms. The van der Waals surface area contributed by atoms with Crippen molar-refractivity contribution in [2.24, 2.45) is 0 Å². The Morgan fingerprint density at radius 2 is 1.55 bits per heavy atom. The fraction of sp³-hybridized carbons (Fsp3) is 0.194. The molecule has 2 heteroatoms. The van der Waals surface area contributed by atoms with Gasteiger partial charge in [0.05, 0.1) is 17.1 Å². The molecule has 0 saturated heterocycles. The summed E-state index contributed by atoms with van der Waals surface area (Å²) in [6.45, 7) is 0. The van der Waals surface area contributed by atoms with Gasteiger partial charge in [-0.05, 0) is 59.4 Å². The van der Waals surface area contributed by atoms with Gasteiger partial charge in [0, 0.05) is 28.2 Å². The fourth-order valence-electron chi connectivity index (χ4n) is 6.02. The highest BCUT2D eigenvalue weighted by atomic mass is 15.2. The van der Waals surface area contributed by atoms with Crippen LogP contribution < -0.4 is 4.90 Å². The second-order valence-corrected chi connectivity index (χ2v) is 9.49. The molecule has 1 fully saturated rings. The number of aromatic nitrogens is 1. The number of rotatable bonds is 2. The van der Waals surface area contributed by atoms with Crippen LogP contribution in [0.1, 0.15) is 43.6 Å². The normalized spacial score (nSPS) is 15.7. The van der Waals surface area contributed by atoms with Crippen molar-refractivity contribution in [1.82, 2.24) is 4.98 Å². The molecule has 0 radical (unpaired) electrons. The van der Waals surface area contributed by atoms with Crippen LogP contribution in [0.4, 0.5) is 17.1 Å². The van der Waals surface area contributed by atoms with Gasteiger partial charge in [0.2, 0.25) is 0 Å². The smallest absolute Gasteiger partial charge is 0.0822 e. The van der Waals surface area contributed by atoms with Gasteiger partial charge < -0.3 is 4.90 Å². The molecule has 160 valence electrons. The summed E-state index contributed by atoms with van der Waals surface area (Å²) in [5.41, 5.74) is 7.51. The summed E-state index contributed by atoms with van der Waals surface area (Å²) < 4.78 is 0. The van der Waals surface area contributed by atoms with E-state index in [0.717, 1.165) is 5.69 Å². The lowest BCUT2D eigenvalue weighted by atomic mass is 9.82. The van der Waals surface area contributed by atoms with Gasteiger partial charge >= 0.3 is 0 Å². The van der Waals surface area contributed by atoms with Gasteiger partial charge in [-0.25, -0.2) is 0 Å². The summed E-state index contributed by atoms with van der Waals surface area (Å²) in [6.07, 6.45) is 8.65. The first-order valence-electron chi connectivity index (χ1n) is 12.2. The van der Waals surface area contributed by atoms with Crippen molar-refractivity contribution >= 4 is 38.6 Å². The van der Waals surface area contributed by atoms with Gasteiger partial charge in [0.25, 0.3) is 0 Å². The van der Waals surface area contributed by atoms with E-state index in [9.17, 15) is 0 Å². The summed E-state index contributed by atoms with van der Waals surface area (Å²) >= 11 is 0. The standard InChI is InChI=1S/C31H26N2/c1-3-9-21(10-4-1)24-19-23-17-18-32-30-27-16-15-22-11-7-8-14-26(22)31(27)33(28(20-24)29(23)30)25-12-5-2-6-13-25/h2,5-8,11-21H,1,3-4,9-10H2. The highest BCUT2D eigenvalue weighted by molar-refractivity contribution is 6.17. The zero-order chi connectivity index (χ0) is 21.8. The average molecular weight is 427 g/mol. The van der Waals surface area contributed by atoms with Crippen LogP contribution in [0.15, 0.2) is 91.1 Å². The molecular weight excluding hydrogens is 400 g/mol. The Balaban J connectivity index is 1.59. The number of anilines is 3. The lowest BCUT2D eigenvalue weighted by molar-refractivity contribution is 0.444. The van der Waals surface area contributed by atoms with E-state index in [1.807, 2.05) is 6.20 Å². The van der Waals surface area contributed by atoms with Crippen LogP contribution in [0.2, 0.25) is 0 Å². The molecule has 4 aromatic carbocycles. The zero-order valence-corrected chi connectivity index (χ0v) is 18.7. The maximum atomic E-state index is 4.93. The Morgan fingerprint density at radius 1 is 0.727 bits per heavy atom. The maximum Gasteiger partial charge on any atom is 0.0822 e. The van der Waals surface area contributed by atoms with E-state index in [1.165, 1.54) is 81.8 Å². The van der Waals surface area contributed by atoms with Gasteiger partial charge in [-0.2, -0.15) is 0 Å². The predicted octanol–water partition coefficient (Wildman–Crippen LogP) is 8.89. The molecule has 0 bridgehead atoms. The summed E-state index contributed by atoms with van der Waals surface area (Å²) in [6, 6.07) is 31.2. The molecule has 0 unspecified atom stereocenters. The van der Waals surface area contributed by atoms with E-state index >= 15 is 0 Å². The van der Waals surface area contributed by atoms with Crippen LogP contribution in [0.3, 0.4) is 0 Å². The van der Waals surface area contributed by atoms with Crippen molar-refractivity contribution in [3.63, 3.8) is 0 Å². The topological polar surface area (TPSA) is 16.1 Å². The summed E-state index contributed by atoms with van der Waals surface area (Å²) in [5.74, 6) is 0.655. The quantitative estimate of drug-likeness (QED) is 0.275. The minimum Gasteiger partial charge on any atom is -0.308 e. The SMILES string of the molecule is c1ccc(N2c3c(ccc4ccccc34)-c3nccc4cc(C5CCCCC5)cc2c34)cc1. The molecule has 0 amide bonds. The average Bonchev–Trinajstić information content (AvgIpc) is 2.89. The van der Waals surface area contributed by atoms with E-state index in [-0.39, 0.29) is 0 Å². The minimum atomic E-state index is 0.655. The summed E-state index contributed by atoms with van der Waals surface area (Å²) in [5, 5.41) is 5.10. The molecule has 2 aliphatic rings. The highest BCUT2D eigenvalue weighted by Gasteiger charge is 2.30. The molecule has 1 aliphatic heterocycles. The molecule has 1 saturated carbocycles. The minimum absolute atomic E-state index is 0.655. The van der Waals surface area contributed by atoms with E-state index in [1.54, 1.807) is 0 Å². The van der Waals surface area contributed by atoms with Crippen LogP contribution in [-0.4, -0.2) is 4.98 Å². The zero-order valence-electron chi connectivity index (χ0n) is 18.7. The fourth-order valence-corrected chi connectivity index (χ4v) is 6.02. The van der Waals surface area contributed by atoms with Crippen molar-refractivity contribution in [3.05, 3.63) is 96.7 Å². The third kappa shape index (κ3) is 2.90. The maximum absolute atomic E-state index is 4.93. The third-order valence-corrected chi connectivity index (χ3v) is 7.58. The second kappa shape index (κ2) is 7.45. The molecule has 0 N–H and O–H groups in total. The van der Waals surface area contributed by atoms with E-state index in [2.05, 4.69) is 89.8 Å². The van der Waals surface area contributed by atoms with Crippen LogP contribution >= 0.6 is 0 Å². The van der Waals surface area contributed by atoms with Crippen LogP contribution in [-0.2, 0) is 0 Å². The molecule has 7 rings (SSSR count). The number of pyridine rings is 1. The summed E-state index contributed by atoms with van der Waals surface area (Å²) in [4.78, 5) is 7.42. The molecule has 0 atom stereocenters. The van der Waals surface area contributed by atoms with Gasteiger partial charge in [0.1, 0.15) is 0 Å². The van der Waals surface area contributed by atoms with Crippen molar-refractivity contribution in [2.75, 3.05) is 4.90 Å². The number of para-hydroxylation sites is 1. The molecule has 1 aromatic heterocycles. The van der Waals surface area contributed by atoms with Crippen LogP contribution in [0.25, 0.3) is 32.8 Å². The van der Waals surface area contributed by atoms with Crippen molar-refractivity contribution in [3.8, 4) is 11.3 Å². The van der Waals surface area contributed by atoms with Crippen LogP contribution in [0.5, 0.6) is 0 Å².